The Morgan fingerprint density at radius 1 is 1.39 bits per heavy atom. The number of nitrogens with two attached hydrogens (primary N) is 1. The Hall–Kier alpha value is -1.12. The van der Waals surface area contributed by atoms with Gasteiger partial charge in [-0.05, 0) is 31.2 Å². The number of nitrogens with one attached hydrogen (secondary N) is 1. The van der Waals surface area contributed by atoms with E-state index in [-0.39, 0.29) is 5.00 Å². The lowest BCUT2D eigenvalue weighted by Gasteiger charge is -2.11. The molecule has 1 aliphatic carbocycles. The number of rotatable bonds is 3. The zero-order valence-electron chi connectivity index (χ0n) is 9.86. The van der Waals surface area contributed by atoms with Gasteiger partial charge < -0.3 is 4.74 Å². The van der Waals surface area contributed by atoms with Crippen LogP contribution in [-0.2, 0) is 27.8 Å². The molecular formula is C10H14N2O4S2. The van der Waals surface area contributed by atoms with Crippen LogP contribution in [0.15, 0.2) is 0 Å². The minimum absolute atomic E-state index is 0.260. The smallest absolute Gasteiger partial charge is 0.341 e. The van der Waals surface area contributed by atoms with E-state index in [1.54, 1.807) is 0 Å². The molecule has 8 heteroatoms. The number of aryl methyl sites for hydroxylation is 1. The van der Waals surface area contributed by atoms with Crippen molar-refractivity contribution < 1.29 is 17.9 Å². The Kier molecular flexibility index (Phi) is 3.60. The van der Waals surface area contributed by atoms with E-state index < -0.39 is 16.2 Å². The third-order valence-corrected chi connectivity index (χ3v) is 4.62. The summed E-state index contributed by atoms with van der Waals surface area (Å²) in [6.07, 6.45) is 3.66. The van der Waals surface area contributed by atoms with Crippen LogP contribution in [0, 0.1) is 0 Å². The maximum atomic E-state index is 11.8. The molecule has 0 radical (unpaired) electrons. The van der Waals surface area contributed by atoms with Crippen LogP contribution >= 0.6 is 11.3 Å². The highest BCUT2D eigenvalue weighted by Crippen LogP contribution is 2.38. The number of fused-ring (bicyclic) bond motifs is 1. The second kappa shape index (κ2) is 4.87. The van der Waals surface area contributed by atoms with Crippen molar-refractivity contribution in [3.63, 3.8) is 0 Å². The molecule has 18 heavy (non-hydrogen) atoms. The molecular weight excluding hydrogens is 276 g/mol. The zero-order valence-corrected chi connectivity index (χ0v) is 11.5. The van der Waals surface area contributed by atoms with Gasteiger partial charge in [0.1, 0.15) is 5.00 Å². The van der Waals surface area contributed by atoms with E-state index in [1.165, 1.54) is 18.4 Å². The lowest BCUT2D eigenvalue weighted by atomic mass is 9.95. The van der Waals surface area contributed by atoms with E-state index in [9.17, 15) is 13.2 Å². The number of hydrogen-bond donors (Lipinski definition) is 2. The summed E-state index contributed by atoms with van der Waals surface area (Å²) in [5.74, 6) is -0.527. The molecule has 100 valence electrons. The van der Waals surface area contributed by atoms with Crippen LogP contribution in [0.4, 0.5) is 5.00 Å². The molecule has 6 nitrogen and oxygen atoms in total. The normalized spacial score (nSPS) is 15.0. The molecule has 0 atom stereocenters. The van der Waals surface area contributed by atoms with Crippen LogP contribution in [-0.4, -0.2) is 21.5 Å². The quantitative estimate of drug-likeness (QED) is 0.812. The maximum absolute atomic E-state index is 11.8. The van der Waals surface area contributed by atoms with Crippen molar-refractivity contribution in [1.29, 1.82) is 0 Å². The van der Waals surface area contributed by atoms with Crippen molar-refractivity contribution in [3.05, 3.63) is 16.0 Å². The minimum atomic E-state index is -3.89. The van der Waals surface area contributed by atoms with Crippen LogP contribution in [0.3, 0.4) is 0 Å². The van der Waals surface area contributed by atoms with Gasteiger partial charge in [0.25, 0.3) is 10.2 Å². The fraction of sp³-hybridized carbons (Fsp3) is 0.500. The van der Waals surface area contributed by atoms with Gasteiger partial charge >= 0.3 is 5.97 Å². The Bertz CT molecular complexity index is 577. The van der Waals surface area contributed by atoms with Gasteiger partial charge in [0, 0.05) is 4.88 Å². The van der Waals surface area contributed by atoms with E-state index in [1.807, 2.05) is 0 Å². The summed E-state index contributed by atoms with van der Waals surface area (Å²) >= 11 is 1.26. The first-order valence-corrected chi connectivity index (χ1v) is 7.82. The molecule has 1 aromatic rings. The second-order valence-electron chi connectivity index (χ2n) is 4.05. The van der Waals surface area contributed by atoms with Crippen molar-refractivity contribution in [2.24, 2.45) is 5.14 Å². The third kappa shape index (κ3) is 2.65. The molecule has 1 aromatic heterocycles. The molecule has 1 aliphatic rings. The Morgan fingerprint density at radius 3 is 2.67 bits per heavy atom. The van der Waals surface area contributed by atoms with Gasteiger partial charge in [-0.25, -0.2) is 9.93 Å². The van der Waals surface area contributed by atoms with Crippen LogP contribution in [0.1, 0.15) is 33.6 Å². The summed E-state index contributed by atoms with van der Waals surface area (Å²) in [4.78, 5) is 12.8. The highest BCUT2D eigenvalue weighted by atomic mass is 32.2. The predicted octanol–water partition coefficient (Wildman–Crippen LogP) is 1.03. The fourth-order valence-electron chi connectivity index (χ4n) is 2.08. The molecule has 0 saturated carbocycles. The number of carbonyl (C=O) groups excluding carboxylic acids is 1. The molecule has 0 unspecified atom stereocenters. The van der Waals surface area contributed by atoms with E-state index in [0.717, 1.165) is 36.1 Å². The van der Waals surface area contributed by atoms with Crippen molar-refractivity contribution in [1.82, 2.24) is 0 Å². The summed E-state index contributed by atoms with van der Waals surface area (Å²) in [7, 11) is -2.61. The van der Waals surface area contributed by atoms with Crippen LogP contribution in [0.25, 0.3) is 0 Å². The third-order valence-electron chi connectivity index (χ3n) is 2.80. The SMILES string of the molecule is COC(=O)c1c(NS(N)(=O)=O)sc2c1CCCC2. The van der Waals surface area contributed by atoms with E-state index >= 15 is 0 Å². The van der Waals surface area contributed by atoms with E-state index in [2.05, 4.69) is 4.72 Å². The molecule has 0 saturated heterocycles. The first kappa shape index (κ1) is 13.3. The van der Waals surface area contributed by atoms with Crippen molar-refractivity contribution in [2.45, 2.75) is 25.7 Å². The molecule has 0 aliphatic heterocycles. The summed E-state index contributed by atoms with van der Waals surface area (Å²) < 4.78 is 29.1. The first-order chi connectivity index (χ1) is 8.42. The highest BCUT2D eigenvalue weighted by molar-refractivity contribution is 7.90. The van der Waals surface area contributed by atoms with Crippen molar-refractivity contribution >= 4 is 32.5 Å². The minimum Gasteiger partial charge on any atom is -0.465 e. The average Bonchev–Trinajstić information content (AvgIpc) is 2.63. The monoisotopic (exact) mass is 290 g/mol. The predicted molar refractivity (Wildman–Crippen MR) is 69.0 cm³/mol. The molecule has 3 N–H and O–H groups in total. The maximum Gasteiger partial charge on any atom is 0.341 e. The molecule has 0 aromatic carbocycles. The fourth-order valence-corrected chi connectivity index (χ4v) is 4.09. The standard InChI is InChI=1S/C10H14N2O4S2/c1-16-10(13)8-6-4-2-3-5-7(6)17-9(8)12-18(11,14)15/h12H,2-5H2,1H3,(H2,11,14,15). The van der Waals surface area contributed by atoms with Gasteiger partial charge in [0.05, 0.1) is 12.7 Å². The largest absolute Gasteiger partial charge is 0.465 e. The van der Waals surface area contributed by atoms with Gasteiger partial charge in [0.15, 0.2) is 0 Å². The highest BCUT2D eigenvalue weighted by Gasteiger charge is 2.27. The summed E-state index contributed by atoms with van der Waals surface area (Å²) in [5.41, 5.74) is 1.20. The molecule has 0 spiro atoms. The van der Waals surface area contributed by atoms with Gasteiger partial charge in [-0.15, -0.1) is 11.3 Å². The lowest BCUT2D eigenvalue weighted by Crippen LogP contribution is -2.22. The van der Waals surface area contributed by atoms with Gasteiger partial charge in [0.2, 0.25) is 0 Å². The Labute approximate surface area is 109 Å². The molecule has 1 heterocycles. The number of esters is 1. The van der Waals surface area contributed by atoms with Gasteiger partial charge in [-0.1, -0.05) is 0 Å². The summed E-state index contributed by atoms with van der Waals surface area (Å²) in [5, 5.41) is 5.21. The van der Waals surface area contributed by atoms with Crippen molar-refractivity contribution in [3.8, 4) is 0 Å². The number of thiophene rings is 1. The van der Waals surface area contributed by atoms with Crippen LogP contribution in [0.2, 0.25) is 0 Å². The Morgan fingerprint density at radius 2 is 2.06 bits per heavy atom. The Balaban J connectivity index is 2.51. The second-order valence-corrected chi connectivity index (χ2v) is 6.45. The van der Waals surface area contributed by atoms with Crippen molar-refractivity contribution in [2.75, 3.05) is 11.8 Å². The molecule has 2 rings (SSSR count). The number of ether oxygens (including phenoxy) is 1. The number of anilines is 1. The lowest BCUT2D eigenvalue weighted by molar-refractivity contribution is 0.0601. The van der Waals surface area contributed by atoms with Gasteiger partial charge in [-0.2, -0.15) is 8.42 Å². The van der Waals surface area contributed by atoms with Crippen LogP contribution < -0.4 is 9.86 Å². The summed E-state index contributed by atoms with van der Waals surface area (Å²) in [6, 6.07) is 0. The first-order valence-electron chi connectivity index (χ1n) is 5.46. The van der Waals surface area contributed by atoms with E-state index in [0.29, 0.717) is 5.56 Å². The van der Waals surface area contributed by atoms with Gasteiger partial charge in [-0.3, -0.25) is 4.72 Å². The zero-order chi connectivity index (χ0) is 13.3. The molecule has 0 bridgehead atoms. The van der Waals surface area contributed by atoms with E-state index in [4.69, 9.17) is 9.88 Å². The number of methoxy groups -OCH3 is 1. The average molecular weight is 290 g/mol. The number of hydrogen-bond acceptors (Lipinski definition) is 5. The molecule has 0 fully saturated rings. The van der Waals surface area contributed by atoms with Crippen LogP contribution in [0.5, 0.6) is 0 Å². The summed E-state index contributed by atoms with van der Waals surface area (Å²) in [6.45, 7) is 0. The number of carbonyl (C=O) groups is 1. The molecule has 0 amide bonds. The topological polar surface area (TPSA) is 98.5 Å².